The number of nitrogens with zero attached hydrogens (tertiary/aromatic N) is 1. The van der Waals surface area contributed by atoms with E-state index in [-0.39, 0.29) is 6.54 Å². The van der Waals surface area contributed by atoms with Gasteiger partial charge in [-0.15, -0.1) is 0 Å². The van der Waals surface area contributed by atoms with Gasteiger partial charge in [0.25, 0.3) is 0 Å². The van der Waals surface area contributed by atoms with Gasteiger partial charge in [-0.3, -0.25) is 0 Å². The van der Waals surface area contributed by atoms with Gasteiger partial charge in [0.15, 0.2) is 6.10 Å². The number of nitrogens with two attached hydrogens (primary N) is 1. The fourth-order valence-corrected chi connectivity index (χ4v) is 0.710. The molecule has 0 fully saturated rings. The Morgan fingerprint density at radius 2 is 2.00 bits per heavy atom. The lowest BCUT2D eigenvalue weighted by Crippen LogP contribution is -2.40. The van der Waals surface area contributed by atoms with Crippen molar-refractivity contribution in [3.8, 4) is 0 Å². The summed E-state index contributed by atoms with van der Waals surface area (Å²) in [5.41, 5.74) is 5.11. The van der Waals surface area contributed by atoms with Gasteiger partial charge < -0.3 is 15.7 Å². The van der Waals surface area contributed by atoms with E-state index in [1.54, 1.807) is 0 Å². The van der Waals surface area contributed by atoms with Crippen LogP contribution in [-0.2, 0) is 0 Å². The molecule has 0 spiro atoms. The van der Waals surface area contributed by atoms with Crippen LogP contribution in [0.3, 0.4) is 0 Å². The van der Waals surface area contributed by atoms with Crippen LogP contribution < -0.4 is 5.73 Å². The van der Waals surface area contributed by atoms with Gasteiger partial charge in [-0.2, -0.15) is 13.2 Å². The van der Waals surface area contributed by atoms with Gasteiger partial charge in [0.1, 0.15) is 0 Å². The van der Waals surface area contributed by atoms with E-state index >= 15 is 0 Å². The smallest absolute Gasteiger partial charge is 0.382 e. The van der Waals surface area contributed by atoms with Crippen LogP contribution in [0.15, 0.2) is 0 Å². The standard InChI is InChI=1S/C6H13F3N2O/c1-11(3-2-10)4-5(12)6(7,8)9/h5,12H,2-4,10H2,1H3/t5-/m1/s1. The monoisotopic (exact) mass is 186 g/mol. The molecule has 0 saturated carbocycles. The van der Waals surface area contributed by atoms with Crippen LogP contribution in [0, 0.1) is 0 Å². The molecule has 0 aliphatic carbocycles. The minimum Gasteiger partial charge on any atom is -0.382 e. The molecule has 3 nitrogen and oxygen atoms in total. The first-order valence-corrected chi connectivity index (χ1v) is 3.51. The maximum Gasteiger partial charge on any atom is 0.415 e. The largest absolute Gasteiger partial charge is 0.415 e. The number of rotatable bonds is 4. The van der Waals surface area contributed by atoms with Crippen molar-refractivity contribution in [2.45, 2.75) is 12.3 Å². The number of hydrogen-bond acceptors (Lipinski definition) is 3. The third kappa shape index (κ3) is 4.53. The van der Waals surface area contributed by atoms with E-state index in [4.69, 9.17) is 10.8 Å². The number of aliphatic hydroxyl groups is 1. The van der Waals surface area contributed by atoms with Crippen LogP contribution >= 0.6 is 0 Å². The number of alkyl halides is 3. The van der Waals surface area contributed by atoms with Crippen LogP contribution in [0.4, 0.5) is 13.2 Å². The minimum absolute atomic E-state index is 0.279. The molecular weight excluding hydrogens is 173 g/mol. The van der Waals surface area contributed by atoms with Gasteiger partial charge in [0.2, 0.25) is 0 Å². The van der Waals surface area contributed by atoms with E-state index in [0.29, 0.717) is 6.54 Å². The fraction of sp³-hybridized carbons (Fsp3) is 1.00. The summed E-state index contributed by atoms with van der Waals surface area (Å²) < 4.78 is 35.2. The van der Waals surface area contributed by atoms with Crippen LogP contribution in [0.2, 0.25) is 0 Å². The molecule has 0 aliphatic heterocycles. The van der Waals surface area contributed by atoms with Gasteiger partial charge in [-0.1, -0.05) is 0 Å². The minimum atomic E-state index is -4.54. The molecule has 0 radical (unpaired) electrons. The first kappa shape index (κ1) is 11.7. The Hall–Kier alpha value is -0.330. The average molecular weight is 186 g/mol. The third-order valence-corrected chi connectivity index (χ3v) is 1.37. The molecule has 3 N–H and O–H groups in total. The topological polar surface area (TPSA) is 49.5 Å². The lowest BCUT2D eigenvalue weighted by molar-refractivity contribution is -0.207. The summed E-state index contributed by atoms with van der Waals surface area (Å²) in [5, 5.41) is 8.58. The second-order valence-electron chi connectivity index (χ2n) is 2.61. The van der Waals surface area contributed by atoms with Gasteiger partial charge in [0.05, 0.1) is 0 Å². The Bertz CT molecular complexity index is 128. The Morgan fingerprint density at radius 3 is 2.33 bits per heavy atom. The Kier molecular flexibility index (Phi) is 4.51. The number of halogens is 3. The lowest BCUT2D eigenvalue weighted by atomic mass is 10.3. The van der Waals surface area contributed by atoms with Gasteiger partial charge >= 0.3 is 6.18 Å². The molecule has 0 unspecified atom stereocenters. The van der Waals surface area contributed by atoms with Crippen LogP contribution in [0.1, 0.15) is 0 Å². The van der Waals surface area contributed by atoms with E-state index in [1.165, 1.54) is 11.9 Å². The van der Waals surface area contributed by atoms with Crippen molar-refractivity contribution >= 4 is 0 Å². The zero-order chi connectivity index (χ0) is 9.78. The summed E-state index contributed by atoms with van der Waals surface area (Å²) in [4.78, 5) is 1.33. The molecule has 0 aromatic heterocycles. The van der Waals surface area contributed by atoms with E-state index < -0.39 is 18.8 Å². The van der Waals surface area contributed by atoms with Crippen molar-refractivity contribution in [3.63, 3.8) is 0 Å². The van der Waals surface area contributed by atoms with Crippen molar-refractivity contribution < 1.29 is 18.3 Å². The second-order valence-corrected chi connectivity index (χ2v) is 2.61. The zero-order valence-corrected chi connectivity index (χ0v) is 6.80. The molecular formula is C6H13F3N2O. The highest BCUT2D eigenvalue weighted by atomic mass is 19.4. The molecule has 0 aromatic rings. The van der Waals surface area contributed by atoms with Crippen LogP contribution in [0.5, 0.6) is 0 Å². The van der Waals surface area contributed by atoms with Crippen molar-refractivity contribution in [1.82, 2.24) is 4.90 Å². The van der Waals surface area contributed by atoms with Crippen LogP contribution in [0.25, 0.3) is 0 Å². The number of aliphatic hydroxyl groups excluding tert-OH is 1. The first-order chi connectivity index (χ1) is 5.38. The van der Waals surface area contributed by atoms with Crippen molar-refractivity contribution in [1.29, 1.82) is 0 Å². The predicted octanol–water partition coefficient (Wildman–Crippen LogP) is -0.200. The fourth-order valence-electron chi connectivity index (χ4n) is 0.710. The highest BCUT2D eigenvalue weighted by Crippen LogP contribution is 2.20. The lowest BCUT2D eigenvalue weighted by Gasteiger charge is -2.21. The summed E-state index contributed by atoms with van der Waals surface area (Å²) >= 11 is 0. The van der Waals surface area contributed by atoms with Crippen LogP contribution in [-0.4, -0.2) is 49.0 Å². The summed E-state index contributed by atoms with van der Waals surface area (Å²) in [7, 11) is 1.47. The zero-order valence-electron chi connectivity index (χ0n) is 6.80. The highest BCUT2D eigenvalue weighted by Gasteiger charge is 2.38. The molecule has 74 valence electrons. The summed E-state index contributed by atoms with van der Waals surface area (Å²) in [6.45, 7) is 0.189. The Morgan fingerprint density at radius 1 is 1.50 bits per heavy atom. The second kappa shape index (κ2) is 4.64. The molecule has 0 amide bonds. The third-order valence-electron chi connectivity index (χ3n) is 1.37. The number of likely N-dealkylation sites (N-methyl/N-ethyl adjacent to an activating group) is 1. The molecule has 1 atom stereocenters. The summed E-state index contributed by atoms with van der Waals surface area (Å²) in [6, 6.07) is 0. The maximum atomic E-state index is 11.7. The summed E-state index contributed by atoms with van der Waals surface area (Å²) in [6.07, 6.45) is -6.82. The molecule has 0 rings (SSSR count). The average Bonchev–Trinajstić information content (AvgIpc) is 1.85. The van der Waals surface area contributed by atoms with E-state index in [2.05, 4.69) is 0 Å². The molecule has 0 heterocycles. The predicted molar refractivity (Wildman–Crippen MR) is 38.6 cm³/mol. The molecule has 0 aliphatic rings. The van der Waals surface area contributed by atoms with E-state index in [9.17, 15) is 13.2 Å². The Labute approximate surface area is 69.0 Å². The number of hydrogen-bond donors (Lipinski definition) is 2. The molecule has 0 saturated heterocycles. The van der Waals surface area contributed by atoms with Crippen molar-refractivity contribution in [2.75, 3.05) is 26.7 Å². The quantitative estimate of drug-likeness (QED) is 0.639. The van der Waals surface area contributed by atoms with Gasteiger partial charge in [-0.25, -0.2) is 0 Å². The highest BCUT2D eigenvalue weighted by molar-refractivity contribution is 4.68. The summed E-state index contributed by atoms with van der Waals surface area (Å²) in [5.74, 6) is 0. The SMILES string of the molecule is CN(CCN)C[C@@H](O)C(F)(F)F. The maximum absolute atomic E-state index is 11.7. The van der Waals surface area contributed by atoms with Gasteiger partial charge in [-0.05, 0) is 7.05 Å². The molecule has 0 aromatic carbocycles. The Balaban J connectivity index is 3.76. The first-order valence-electron chi connectivity index (χ1n) is 3.51. The normalized spacial score (nSPS) is 15.2. The van der Waals surface area contributed by atoms with E-state index in [0.717, 1.165) is 0 Å². The molecule has 0 bridgehead atoms. The molecule has 6 heteroatoms. The molecule has 12 heavy (non-hydrogen) atoms. The van der Waals surface area contributed by atoms with Crippen molar-refractivity contribution in [3.05, 3.63) is 0 Å². The van der Waals surface area contributed by atoms with Gasteiger partial charge in [0, 0.05) is 19.6 Å². The van der Waals surface area contributed by atoms with E-state index in [1.807, 2.05) is 0 Å². The van der Waals surface area contributed by atoms with Crippen molar-refractivity contribution in [2.24, 2.45) is 5.73 Å².